The Morgan fingerprint density at radius 2 is 1.72 bits per heavy atom. The molecule has 7 nitrogen and oxygen atoms in total. The van der Waals surface area contributed by atoms with Crippen LogP contribution in [0, 0.1) is 5.41 Å². The van der Waals surface area contributed by atoms with E-state index < -0.39 is 23.6 Å². The molecule has 6 rings (SSSR count). The van der Waals surface area contributed by atoms with Gasteiger partial charge in [-0.05, 0) is 49.9 Å². The normalized spacial score (nSPS) is 22.4. The van der Waals surface area contributed by atoms with Crippen molar-refractivity contribution < 1.29 is 23.0 Å². The fraction of sp³-hybridized carbons (Fsp3) is 0.552. The number of ether oxygens (including phenoxy) is 1. The topological polar surface area (TPSA) is 76.3 Å². The van der Waals surface area contributed by atoms with Gasteiger partial charge in [-0.3, -0.25) is 4.98 Å². The highest BCUT2D eigenvalue weighted by atomic mass is 19.3. The van der Waals surface area contributed by atoms with Crippen LogP contribution in [0.3, 0.4) is 0 Å². The first kappa shape index (κ1) is 26.4. The van der Waals surface area contributed by atoms with Crippen LogP contribution in [0.1, 0.15) is 73.3 Å². The highest BCUT2D eigenvalue weighted by Gasteiger charge is 2.55. The van der Waals surface area contributed by atoms with Crippen LogP contribution >= 0.6 is 0 Å². The van der Waals surface area contributed by atoms with E-state index in [2.05, 4.69) is 14.6 Å². The molecule has 3 aliphatic rings. The highest BCUT2D eigenvalue weighted by molar-refractivity contribution is 5.56. The zero-order valence-electron chi connectivity index (χ0n) is 22.2. The maximum Gasteiger partial charge on any atom is 0.273 e. The predicted molar refractivity (Wildman–Crippen MR) is 139 cm³/mol. The number of halogens is 3. The van der Waals surface area contributed by atoms with Crippen molar-refractivity contribution in [1.82, 2.24) is 24.6 Å². The molecule has 10 heteroatoms. The molecule has 1 aliphatic carbocycles. The first-order valence-corrected chi connectivity index (χ1v) is 13.6. The van der Waals surface area contributed by atoms with Gasteiger partial charge in [0.1, 0.15) is 11.4 Å². The van der Waals surface area contributed by atoms with Crippen LogP contribution < -0.4 is 0 Å². The van der Waals surface area contributed by atoms with Gasteiger partial charge in [0.15, 0.2) is 12.0 Å². The lowest BCUT2D eigenvalue weighted by Gasteiger charge is -2.55. The fourth-order valence-electron chi connectivity index (χ4n) is 6.33. The summed E-state index contributed by atoms with van der Waals surface area (Å²) in [6.07, 6.45) is 1.86. The molecule has 2 aliphatic heterocycles. The third kappa shape index (κ3) is 4.66. The van der Waals surface area contributed by atoms with E-state index in [1.807, 2.05) is 20.0 Å². The molecule has 0 radical (unpaired) electrons. The van der Waals surface area contributed by atoms with E-state index in [-0.39, 0.29) is 5.56 Å². The van der Waals surface area contributed by atoms with E-state index in [1.54, 1.807) is 24.5 Å². The van der Waals surface area contributed by atoms with Crippen LogP contribution in [0.25, 0.3) is 11.4 Å². The number of rotatable bonds is 8. The number of likely N-dealkylation sites (tertiary alicyclic amines) is 1. The molecule has 2 atom stereocenters. The lowest BCUT2D eigenvalue weighted by Crippen LogP contribution is -2.63. The van der Waals surface area contributed by atoms with Crippen molar-refractivity contribution in [1.29, 1.82) is 0 Å². The molecule has 3 aromatic rings. The van der Waals surface area contributed by atoms with Gasteiger partial charge in [0.25, 0.3) is 6.43 Å². The lowest BCUT2D eigenvalue weighted by molar-refractivity contribution is -0.127. The molecule has 0 spiro atoms. The molecule has 39 heavy (non-hydrogen) atoms. The number of aromatic nitrogens is 4. The van der Waals surface area contributed by atoms with Crippen LogP contribution in [-0.2, 0) is 10.3 Å². The van der Waals surface area contributed by atoms with Crippen molar-refractivity contribution in [2.45, 2.75) is 62.8 Å². The van der Waals surface area contributed by atoms with Crippen LogP contribution in [0.4, 0.5) is 13.2 Å². The van der Waals surface area contributed by atoms with Crippen molar-refractivity contribution in [2.24, 2.45) is 5.41 Å². The standard InChI is InChI=1S/C29H34F3N5O2/c1-28(16-36(2)17-28)29(38,21-5-3-18(4-6-21)24(30)25(31)32)22-13-20(14-33-15-22)26-34-27(19-9-11-39-12-10-19)37(35-26)23-7-8-23/h3-6,13-15,19,23-25,38H,7-12,16-17H2,1-2H3. The molecule has 1 N–H and O–H groups in total. The van der Waals surface area contributed by atoms with Gasteiger partial charge in [0, 0.05) is 61.2 Å². The molecule has 1 aromatic carbocycles. The molecule has 2 aromatic heterocycles. The summed E-state index contributed by atoms with van der Waals surface area (Å²) in [4.78, 5) is 11.6. The minimum atomic E-state index is -3.11. The van der Waals surface area contributed by atoms with Crippen LogP contribution in [-0.4, -0.2) is 69.5 Å². The van der Waals surface area contributed by atoms with E-state index in [0.29, 0.717) is 60.8 Å². The summed E-state index contributed by atoms with van der Waals surface area (Å²) in [6, 6.07) is 8.00. The number of pyridine rings is 1. The van der Waals surface area contributed by atoms with Gasteiger partial charge in [-0.1, -0.05) is 31.2 Å². The Kier molecular flexibility index (Phi) is 6.76. The second-order valence-electron chi connectivity index (χ2n) is 11.6. The summed E-state index contributed by atoms with van der Waals surface area (Å²) in [6.45, 7) is 4.65. The molecule has 0 bridgehead atoms. The van der Waals surface area contributed by atoms with Crippen molar-refractivity contribution >= 4 is 0 Å². The molecule has 3 fully saturated rings. The van der Waals surface area contributed by atoms with E-state index >= 15 is 0 Å². The summed E-state index contributed by atoms with van der Waals surface area (Å²) in [5.74, 6) is 1.85. The molecule has 0 amide bonds. The maximum absolute atomic E-state index is 14.0. The third-order valence-corrected chi connectivity index (χ3v) is 8.53. The molecule has 208 valence electrons. The smallest absolute Gasteiger partial charge is 0.273 e. The SMILES string of the molecule is CN1CC(C)(C(O)(c2ccc(C(F)C(F)F)cc2)c2cncc(-c3nc(C4CCOCC4)n(C4CC4)n3)c2)C1. The van der Waals surface area contributed by atoms with Gasteiger partial charge < -0.3 is 14.7 Å². The quantitative estimate of drug-likeness (QED) is 0.431. The average Bonchev–Trinajstić information content (AvgIpc) is 3.69. The van der Waals surface area contributed by atoms with E-state index in [9.17, 15) is 18.3 Å². The molecule has 4 heterocycles. The zero-order chi connectivity index (χ0) is 27.4. The van der Waals surface area contributed by atoms with Crippen molar-refractivity contribution in [3.05, 3.63) is 65.2 Å². The Morgan fingerprint density at radius 1 is 1.03 bits per heavy atom. The highest BCUT2D eigenvalue weighted by Crippen LogP contribution is 2.50. The van der Waals surface area contributed by atoms with Crippen molar-refractivity contribution in [2.75, 3.05) is 33.4 Å². The fourth-order valence-corrected chi connectivity index (χ4v) is 6.33. The number of benzene rings is 1. The van der Waals surface area contributed by atoms with Gasteiger partial charge in [-0.15, -0.1) is 0 Å². The monoisotopic (exact) mass is 541 g/mol. The molecular weight excluding hydrogens is 507 g/mol. The summed E-state index contributed by atoms with van der Waals surface area (Å²) < 4.78 is 47.5. The Hall–Kier alpha value is -2.82. The minimum Gasteiger partial charge on any atom is -0.381 e. The Balaban J connectivity index is 1.40. The van der Waals surface area contributed by atoms with Crippen LogP contribution in [0.2, 0.25) is 0 Å². The average molecular weight is 542 g/mol. The molecule has 2 unspecified atom stereocenters. The van der Waals surface area contributed by atoms with Gasteiger partial charge in [0.2, 0.25) is 0 Å². The zero-order valence-corrected chi connectivity index (χ0v) is 22.2. The van der Waals surface area contributed by atoms with Gasteiger partial charge in [-0.2, -0.15) is 5.10 Å². The Morgan fingerprint density at radius 3 is 2.33 bits per heavy atom. The Labute approximate surface area is 226 Å². The molecule has 2 saturated heterocycles. The van der Waals surface area contributed by atoms with Gasteiger partial charge >= 0.3 is 0 Å². The second-order valence-corrected chi connectivity index (χ2v) is 11.6. The molecule has 1 saturated carbocycles. The maximum atomic E-state index is 14.0. The summed E-state index contributed by atoms with van der Waals surface area (Å²) in [5.41, 5.74) is -0.441. The van der Waals surface area contributed by atoms with E-state index in [1.165, 1.54) is 12.1 Å². The Bertz CT molecular complexity index is 1320. The lowest BCUT2D eigenvalue weighted by atomic mass is 9.62. The summed E-state index contributed by atoms with van der Waals surface area (Å²) >= 11 is 0. The first-order valence-electron chi connectivity index (χ1n) is 13.6. The second kappa shape index (κ2) is 9.98. The number of hydrogen-bond donors (Lipinski definition) is 1. The molecular formula is C29H34F3N5O2. The largest absolute Gasteiger partial charge is 0.381 e. The van der Waals surface area contributed by atoms with Gasteiger partial charge in [0.05, 0.1) is 6.04 Å². The third-order valence-electron chi connectivity index (χ3n) is 8.53. The summed E-state index contributed by atoms with van der Waals surface area (Å²) in [7, 11) is 1.97. The number of hydrogen-bond acceptors (Lipinski definition) is 6. The van der Waals surface area contributed by atoms with Gasteiger partial charge in [-0.25, -0.2) is 22.8 Å². The van der Waals surface area contributed by atoms with E-state index in [4.69, 9.17) is 14.8 Å². The van der Waals surface area contributed by atoms with Crippen molar-refractivity contribution in [3.63, 3.8) is 0 Å². The summed E-state index contributed by atoms with van der Waals surface area (Å²) in [5, 5.41) is 17.3. The minimum absolute atomic E-state index is 0.116. The first-order chi connectivity index (χ1) is 18.7. The van der Waals surface area contributed by atoms with Crippen LogP contribution in [0.15, 0.2) is 42.7 Å². The predicted octanol–water partition coefficient (Wildman–Crippen LogP) is 5.03. The van der Waals surface area contributed by atoms with E-state index in [0.717, 1.165) is 31.5 Å². The number of nitrogens with zero attached hydrogens (tertiary/aromatic N) is 5. The number of aliphatic hydroxyl groups is 1. The number of alkyl halides is 3. The van der Waals surface area contributed by atoms with Crippen molar-refractivity contribution in [3.8, 4) is 11.4 Å². The van der Waals surface area contributed by atoms with Crippen LogP contribution in [0.5, 0.6) is 0 Å².